The lowest BCUT2D eigenvalue weighted by Crippen LogP contribution is -2.11. The molecule has 37 heavy (non-hydrogen) atoms. The summed E-state index contributed by atoms with van der Waals surface area (Å²) >= 11 is 0. The highest BCUT2D eigenvalue weighted by molar-refractivity contribution is 7.93. The lowest BCUT2D eigenvalue weighted by molar-refractivity contribution is 0.374. The van der Waals surface area contributed by atoms with Gasteiger partial charge in [-0.25, -0.2) is 8.42 Å². The molecule has 0 aliphatic heterocycles. The van der Waals surface area contributed by atoms with E-state index >= 15 is 0 Å². The third-order valence-electron chi connectivity index (χ3n) is 5.30. The first-order chi connectivity index (χ1) is 17.5. The molecule has 198 valence electrons. The molecule has 3 rings (SSSR count). The first-order valence-electron chi connectivity index (χ1n) is 10.9. The molecule has 0 bridgehead atoms. The van der Waals surface area contributed by atoms with Crippen molar-refractivity contribution in [2.24, 2.45) is 0 Å². The van der Waals surface area contributed by atoms with Gasteiger partial charge in [-0.15, -0.1) is 0 Å². The van der Waals surface area contributed by atoms with Gasteiger partial charge in [-0.1, -0.05) is 23.8 Å². The van der Waals surface area contributed by atoms with Crippen molar-refractivity contribution in [2.75, 3.05) is 28.4 Å². The van der Waals surface area contributed by atoms with E-state index in [1.54, 1.807) is 24.3 Å². The molecule has 0 aliphatic rings. The second-order valence-corrected chi connectivity index (χ2v) is 11.3. The Morgan fingerprint density at radius 1 is 0.703 bits per heavy atom. The number of rotatable bonds is 11. The van der Waals surface area contributed by atoms with E-state index < -0.39 is 25.7 Å². The van der Waals surface area contributed by atoms with Gasteiger partial charge < -0.3 is 23.1 Å². The first-order valence-corrected chi connectivity index (χ1v) is 14.0. The van der Waals surface area contributed by atoms with Crippen LogP contribution < -0.4 is 23.1 Å². The second kappa shape index (κ2) is 11.6. The monoisotopic (exact) mass is 548 g/mol. The predicted octanol–water partition coefficient (Wildman–Crippen LogP) is 4.38. The minimum atomic E-state index is -4.17. The van der Waals surface area contributed by atoms with Crippen molar-refractivity contribution in [3.05, 3.63) is 76.7 Å². The molecule has 0 saturated heterocycles. The largest absolute Gasteiger partial charge is 0.496 e. The fourth-order valence-corrected chi connectivity index (χ4v) is 5.41. The molecule has 0 unspecified atom stereocenters. The summed E-state index contributed by atoms with van der Waals surface area (Å²) < 4.78 is 77.8. The summed E-state index contributed by atoms with van der Waals surface area (Å²) in [5, 5.41) is 1.04. The quantitative estimate of drug-likeness (QED) is 0.322. The minimum absolute atomic E-state index is 0.0384. The van der Waals surface area contributed by atoms with Crippen molar-refractivity contribution in [1.29, 1.82) is 0 Å². The predicted molar refractivity (Wildman–Crippen MR) is 140 cm³/mol. The van der Waals surface area contributed by atoms with Crippen molar-refractivity contribution in [2.45, 2.75) is 17.6 Å². The van der Waals surface area contributed by atoms with Gasteiger partial charge >= 0.3 is 10.1 Å². The van der Waals surface area contributed by atoms with Crippen LogP contribution in [0.3, 0.4) is 0 Å². The molecule has 9 nitrogen and oxygen atoms in total. The summed E-state index contributed by atoms with van der Waals surface area (Å²) in [5.41, 5.74) is 1.60. The number of aryl methyl sites for hydroxylation is 1. The third-order valence-corrected chi connectivity index (χ3v) is 7.84. The summed E-state index contributed by atoms with van der Waals surface area (Å²) in [5.74, 6) is 0.807. The van der Waals surface area contributed by atoms with Gasteiger partial charge in [0, 0.05) is 17.5 Å². The van der Waals surface area contributed by atoms with Crippen LogP contribution in [0.2, 0.25) is 0 Å². The van der Waals surface area contributed by atoms with E-state index in [2.05, 4.69) is 0 Å². The molecule has 0 fully saturated rings. The fourth-order valence-electron chi connectivity index (χ4n) is 3.40. The number of hydrogen-bond donors (Lipinski definition) is 0. The van der Waals surface area contributed by atoms with Gasteiger partial charge in [0.15, 0.2) is 21.3 Å². The average molecular weight is 549 g/mol. The molecule has 0 heterocycles. The molecule has 0 spiro atoms. The Labute approximate surface area is 217 Å². The smallest absolute Gasteiger partial charge is 0.339 e. The van der Waals surface area contributed by atoms with Gasteiger partial charge in [-0.2, -0.15) is 8.42 Å². The summed E-state index contributed by atoms with van der Waals surface area (Å²) in [6, 6.07) is 13.7. The Morgan fingerprint density at radius 2 is 1.30 bits per heavy atom. The van der Waals surface area contributed by atoms with E-state index in [0.29, 0.717) is 28.4 Å². The topological polar surface area (TPSA) is 114 Å². The Hall–Kier alpha value is -3.70. The number of sulfone groups is 1. The zero-order valence-corrected chi connectivity index (χ0v) is 22.7. The van der Waals surface area contributed by atoms with Gasteiger partial charge in [0.05, 0.1) is 39.8 Å². The van der Waals surface area contributed by atoms with E-state index in [9.17, 15) is 16.8 Å². The van der Waals surface area contributed by atoms with Gasteiger partial charge in [0.1, 0.15) is 22.1 Å². The normalized spacial score (nSPS) is 11.8. The molecule has 3 aromatic carbocycles. The number of hydrogen-bond acceptors (Lipinski definition) is 9. The summed E-state index contributed by atoms with van der Waals surface area (Å²) in [6.45, 7) is 1.83. The molecule has 0 saturated carbocycles. The van der Waals surface area contributed by atoms with Crippen molar-refractivity contribution in [1.82, 2.24) is 0 Å². The second-order valence-electron chi connectivity index (χ2n) is 7.89. The van der Waals surface area contributed by atoms with Crippen LogP contribution in [-0.2, 0) is 25.7 Å². The zero-order chi connectivity index (χ0) is 27.2. The molecule has 0 aromatic heterocycles. The molecule has 3 aromatic rings. The van der Waals surface area contributed by atoms with E-state index in [4.69, 9.17) is 23.1 Å². The van der Waals surface area contributed by atoms with Crippen molar-refractivity contribution in [3.8, 4) is 28.7 Å². The molecule has 0 radical (unpaired) electrons. The summed E-state index contributed by atoms with van der Waals surface area (Å²) in [7, 11) is -2.23. The van der Waals surface area contributed by atoms with Crippen LogP contribution in [0.4, 0.5) is 0 Å². The van der Waals surface area contributed by atoms with Crippen LogP contribution in [0.5, 0.6) is 28.7 Å². The maximum Gasteiger partial charge on any atom is 0.339 e. The van der Waals surface area contributed by atoms with Crippen molar-refractivity contribution < 1.29 is 40.0 Å². The van der Waals surface area contributed by atoms with E-state index in [1.807, 2.05) is 6.92 Å². The Bertz CT molecular complexity index is 1470. The maximum absolute atomic E-state index is 12.9. The van der Waals surface area contributed by atoms with Crippen LogP contribution in [-0.4, -0.2) is 45.3 Å². The highest BCUT2D eigenvalue weighted by Crippen LogP contribution is 2.36. The van der Waals surface area contributed by atoms with Gasteiger partial charge in [-0.05, 0) is 42.8 Å². The van der Waals surface area contributed by atoms with Crippen LogP contribution in [0, 0.1) is 6.92 Å². The SMILES string of the molecule is COc1cc(OC)c(C=CS(=O)(=O)Cc2ccc(OC)c(OS(=O)(=O)c3ccc(C)cc3)c2)c(OC)c1. The van der Waals surface area contributed by atoms with Crippen molar-refractivity contribution in [3.63, 3.8) is 0 Å². The average Bonchev–Trinajstić information content (AvgIpc) is 2.87. The highest BCUT2D eigenvalue weighted by Gasteiger charge is 2.21. The number of benzene rings is 3. The minimum Gasteiger partial charge on any atom is -0.496 e. The van der Waals surface area contributed by atoms with Crippen LogP contribution in [0.15, 0.2) is 64.9 Å². The molecule has 11 heteroatoms. The Morgan fingerprint density at radius 3 is 1.84 bits per heavy atom. The Kier molecular flexibility index (Phi) is 8.72. The van der Waals surface area contributed by atoms with Crippen LogP contribution in [0.1, 0.15) is 16.7 Å². The fraction of sp³-hybridized carbons (Fsp3) is 0.231. The van der Waals surface area contributed by atoms with Gasteiger partial charge in [-0.3, -0.25) is 0 Å². The molecule has 0 atom stereocenters. The van der Waals surface area contributed by atoms with Crippen LogP contribution >= 0.6 is 0 Å². The van der Waals surface area contributed by atoms with Gasteiger partial charge in [0.25, 0.3) is 0 Å². The molecule has 0 amide bonds. The Balaban J connectivity index is 1.89. The summed E-state index contributed by atoms with van der Waals surface area (Å²) in [6.07, 6.45) is 1.37. The molecular weight excluding hydrogens is 520 g/mol. The third kappa shape index (κ3) is 6.95. The zero-order valence-electron chi connectivity index (χ0n) is 21.0. The number of ether oxygens (including phenoxy) is 4. The first kappa shape index (κ1) is 27.9. The van der Waals surface area contributed by atoms with Crippen molar-refractivity contribution >= 4 is 26.0 Å². The van der Waals surface area contributed by atoms with Gasteiger partial charge in [0.2, 0.25) is 0 Å². The van der Waals surface area contributed by atoms with E-state index in [1.165, 1.54) is 64.8 Å². The molecule has 0 aliphatic carbocycles. The molecular formula is C26H28O9S2. The number of methoxy groups -OCH3 is 4. The molecule has 0 N–H and O–H groups in total. The lowest BCUT2D eigenvalue weighted by Gasteiger charge is -2.13. The lowest BCUT2D eigenvalue weighted by atomic mass is 10.1. The maximum atomic E-state index is 12.9. The standard InChI is InChI=1S/C26H28O9S2/c1-18-6-9-21(10-7-18)37(29,30)35-26-14-19(8-11-23(26)32-3)17-36(27,28)13-12-22-24(33-4)15-20(31-2)16-25(22)34-5/h6-16H,17H2,1-5H3. The summed E-state index contributed by atoms with van der Waals surface area (Å²) in [4.78, 5) is -0.0384. The van der Waals surface area contributed by atoms with E-state index in [0.717, 1.165) is 11.0 Å². The highest BCUT2D eigenvalue weighted by atomic mass is 32.2. The van der Waals surface area contributed by atoms with Crippen LogP contribution in [0.25, 0.3) is 6.08 Å². The van der Waals surface area contributed by atoms with E-state index in [-0.39, 0.29) is 16.4 Å².